The molecule has 27 heavy (non-hydrogen) atoms. The lowest BCUT2D eigenvalue weighted by atomic mass is 10.2. The van der Waals surface area contributed by atoms with E-state index >= 15 is 0 Å². The van der Waals surface area contributed by atoms with Crippen molar-refractivity contribution in [2.24, 2.45) is 0 Å². The smallest absolute Gasteiger partial charge is 0.290 e. The van der Waals surface area contributed by atoms with Crippen molar-refractivity contribution in [3.8, 4) is 0 Å². The van der Waals surface area contributed by atoms with Crippen molar-refractivity contribution in [2.45, 2.75) is 13.8 Å². The highest BCUT2D eigenvalue weighted by Gasteiger charge is 2.22. The molecule has 5 nitrogen and oxygen atoms in total. The Kier molecular flexibility index (Phi) is 5.87. The van der Waals surface area contributed by atoms with Gasteiger partial charge >= 0.3 is 0 Å². The first-order valence-electron chi connectivity index (χ1n) is 8.42. The molecule has 7 heteroatoms. The predicted octanol–water partition coefficient (Wildman–Crippen LogP) is 5.26. The first kappa shape index (κ1) is 19.5. The molecule has 2 aromatic carbocycles. The SMILES string of the molecule is CCN(CC(=O)Nc1cc(Cl)ccc1C)C(=O)c1cc2cccc(Br)c2o1. The molecule has 0 radical (unpaired) electrons. The number of nitrogens with one attached hydrogen (secondary N) is 1. The Morgan fingerprint density at radius 2 is 2.00 bits per heavy atom. The van der Waals surface area contributed by atoms with Crippen LogP contribution >= 0.6 is 27.5 Å². The van der Waals surface area contributed by atoms with Gasteiger partial charge in [0.25, 0.3) is 5.91 Å². The average Bonchev–Trinajstić information content (AvgIpc) is 3.08. The van der Waals surface area contributed by atoms with Crippen molar-refractivity contribution in [2.75, 3.05) is 18.4 Å². The second-order valence-corrected chi connectivity index (χ2v) is 7.39. The number of hydrogen-bond donors (Lipinski definition) is 1. The minimum atomic E-state index is -0.335. The normalized spacial score (nSPS) is 10.8. The van der Waals surface area contributed by atoms with Crippen LogP contribution in [0.3, 0.4) is 0 Å². The fourth-order valence-electron chi connectivity index (χ4n) is 2.71. The number of likely N-dealkylation sites (N-methyl/N-ethyl adjacent to an activating group) is 1. The highest BCUT2D eigenvalue weighted by Crippen LogP contribution is 2.27. The van der Waals surface area contributed by atoms with Gasteiger partial charge in [0.2, 0.25) is 5.91 Å². The molecule has 0 atom stereocenters. The Morgan fingerprint density at radius 3 is 2.70 bits per heavy atom. The van der Waals surface area contributed by atoms with Crippen LogP contribution < -0.4 is 5.32 Å². The van der Waals surface area contributed by atoms with Crippen LogP contribution in [0.25, 0.3) is 11.0 Å². The number of carbonyl (C=O) groups is 2. The van der Waals surface area contributed by atoms with E-state index in [1.54, 1.807) is 18.2 Å². The zero-order valence-electron chi connectivity index (χ0n) is 14.9. The Balaban J connectivity index is 1.75. The summed E-state index contributed by atoms with van der Waals surface area (Å²) in [5, 5.41) is 4.16. The third-order valence-electron chi connectivity index (χ3n) is 4.18. The average molecular weight is 450 g/mol. The number of carbonyl (C=O) groups excluding carboxylic acids is 2. The summed E-state index contributed by atoms with van der Waals surface area (Å²) in [6.45, 7) is 3.98. The minimum absolute atomic E-state index is 0.0838. The van der Waals surface area contributed by atoms with E-state index in [1.165, 1.54) is 4.90 Å². The fourth-order valence-corrected chi connectivity index (χ4v) is 3.34. The van der Waals surface area contributed by atoms with Gasteiger partial charge in [0.15, 0.2) is 5.76 Å². The van der Waals surface area contributed by atoms with Gasteiger partial charge in [0, 0.05) is 22.6 Å². The van der Waals surface area contributed by atoms with Crippen LogP contribution in [0.15, 0.2) is 51.4 Å². The van der Waals surface area contributed by atoms with Crippen LogP contribution in [0.2, 0.25) is 5.02 Å². The summed E-state index contributed by atoms with van der Waals surface area (Å²) in [7, 11) is 0. The lowest BCUT2D eigenvalue weighted by Crippen LogP contribution is -2.37. The zero-order chi connectivity index (χ0) is 19.6. The Morgan fingerprint density at radius 1 is 1.22 bits per heavy atom. The molecular formula is C20H18BrClN2O3. The second kappa shape index (κ2) is 8.15. The maximum absolute atomic E-state index is 12.8. The summed E-state index contributed by atoms with van der Waals surface area (Å²) in [6.07, 6.45) is 0. The molecule has 3 rings (SSSR count). The number of rotatable bonds is 5. The van der Waals surface area contributed by atoms with Crippen LogP contribution in [0.4, 0.5) is 5.69 Å². The van der Waals surface area contributed by atoms with Gasteiger partial charge in [-0.1, -0.05) is 29.8 Å². The largest absolute Gasteiger partial charge is 0.450 e. The molecule has 0 aliphatic carbocycles. The molecule has 0 spiro atoms. The number of amides is 2. The molecule has 0 aliphatic rings. The number of anilines is 1. The summed E-state index contributed by atoms with van der Waals surface area (Å²) in [6, 6.07) is 12.5. The molecule has 0 saturated heterocycles. The van der Waals surface area contributed by atoms with Crippen molar-refractivity contribution in [3.05, 3.63) is 63.3 Å². The molecule has 0 aliphatic heterocycles. The highest BCUT2D eigenvalue weighted by molar-refractivity contribution is 9.10. The lowest BCUT2D eigenvalue weighted by molar-refractivity contribution is -0.116. The monoisotopic (exact) mass is 448 g/mol. The maximum Gasteiger partial charge on any atom is 0.290 e. The van der Waals surface area contributed by atoms with Gasteiger partial charge in [0.1, 0.15) is 12.1 Å². The third kappa shape index (κ3) is 4.34. The third-order valence-corrected chi connectivity index (χ3v) is 5.04. The number of hydrogen-bond acceptors (Lipinski definition) is 3. The molecular weight excluding hydrogens is 432 g/mol. The fraction of sp³-hybridized carbons (Fsp3) is 0.200. The summed E-state index contributed by atoms with van der Waals surface area (Å²) >= 11 is 9.39. The predicted molar refractivity (Wildman–Crippen MR) is 110 cm³/mol. The molecule has 1 aromatic heterocycles. The van der Waals surface area contributed by atoms with Gasteiger partial charge < -0.3 is 14.6 Å². The number of benzene rings is 2. The minimum Gasteiger partial charge on any atom is -0.450 e. The number of fused-ring (bicyclic) bond motifs is 1. The van der Waals surface area contributed by atoms with Crippen LogP contribution in [-0.2, 0) is 4.79 Å². The quantitative estimate of drug-likeness (QED) is 0.578. The van der Waals surface area contributed by atoms with Gasteiger partial charge in [0.05, 0.1) is 4.47 Å². The van der Waals surface area contributed by atoms with E-state index in [4.69, 9.17) is 16.0 Å². The summed E-state index contributed by atoms with van der Waals surface area (Å²) in [5.41, 5.74) is 2.13. The molecule has 0 saturated carbocycles. The summed E-state index contributed by atoms with van der Waals surface area (Å²) < 4.78 is 6.47. The molecule has 2 amide bonds. The van der Waals surface area contributed by atoms with E-state index in [9.17, 15) is 9.59 Å². The zero-order valence-corrected chi connectivity index (χ0v) is 17.2. The topological polar surface area (TPSA) is 62.6 Å². The highest BCUT2D eigenvalue weighted by atomic mass is 79.9. The van der Waals surface area contributed by atoms with Crippen molar-refractivity contribution >= 4 is 56.0 Å². The number of para-hydroxylation sites is 1. The van der Waals surface area contributed by atoms with Crippen LogP contribution in [0.5, 0.6) is 0 Å². The van der Waals surface area contributed by atoms with Crippen LogP contribution in [0, 0.1) is 6.92 Å². The van der Waals surface area contributed by atoms with E-state index in [-0.39, 0.29) is 24.1 Å². The van der Waals surface area contributed by atoms with E-state index in [0.29, 0.717) is 22.8 Å². The van der Waals surface area contributed by atoms with Crippen LogP contribution in [-0.4, -0.2) is 29.8 Å². The second-order valence-electron chi connectivity index (χ2n) is 6.10. The summed E-state index contributed by atoms with van der Waals surface area (Å²) in [5.74, 6) is -0.433. The van der Waals surface area contributed by atoms with Crippen molar-refractivity contribution in [1.29, 1.82) is 0 Å². The van der Waals surface area contributed by atoms with Crippen molar-refractivity contribution < 1.29 is 14.0 Å². The first-order chi connectivity index (χ1) is 12.9. The van der Waals surface area contributed by atoms with Crippen molar-refractivity contribution in [1.82, 2.24) is 4.90 Å². The van der Waals surface area contributed by atoms with Gasteiger partial charge in [-0.3, -0.25) is 9.59 Å². The first-order valence-corrected chi connectivity index (χ1v) is 9.59. The number of nitrogens with zero attached hydrogens (tertiary/aromatic N) is 1. The standard InChI is InChI=1S/C20H18BrClN2O3/c1-3-24(11-18(25)23-16-10-14(22)8-7-12(16)2)20(26)17-9-13-5-4-6-15(21)19(13)27-17/h4-10H,3,11H2,1-2H3,(H,23,25). The van der Waals surface area contributed by atoms with Crippen LogP contribution in [0.1, 0.15) is 23.0 Å². The molecule has 1 N–H and O–H groups in total. The molecule has 3 aromatic rings. The van der Waals surface area contributed by atoms with Gasteiger partial charge in [-0.2, -0.15) is 0 Å². The summed E-state index contributed by atoms with van der Waals surface area (Å²) in [4.78, 5) is 26.6. The molecule has 0 unspecified atom stereocenters. The van der Waals surface area contributed by atoms with Gasteiger partial charge in [-0.05, 0) is 59.6 Å². The van der Waals surface area contributed by atoms with Gasteiger partial charge in [-0.15, -0.1) is 0 Å². The number of aryl methyl sites for hydroxylation is 1. The van der Waals surface area contributed by atoms with E-state index in [2.05, 4.69) is 21.2 Å². The molecule has 140 valence electrons. The Labute approximate surface area is 170 Å². The number of halogens is 2. The lowest BCUT2D eigenvalue weighted by Gasteiger charge is -2.19. The van der Waals surface area contributed by atoms with Gasteiger partial charge in [-0.25, -0.2) is 0 Å². The molecule has 0 bridgehead atoms. The maximum atomic E-state index is 12.8. The Bertz CT molecular complexity index is 1020. The molecule has 0 fully saturated rings. The number of furan rings is 1. The Hall–Kier alpha value is -2.31. The molecule has 1 heterocycles. The van der Waals surface area contributed by atoms with E-state index in [0.717, 1.165) is 15.4 Å². The van der Waals surface area contributed by atoms with E-state index < -0.39 is 0 Å². The van der Waals surface area contributed by atoms with E-state index in [1.807, 2.05) is 38.1 Å². The van der Waals surface area contributed by atoms with Crippen molar-refractivity contribution in [3.63, 3.8) is 0 Å².